The zero-order valence-electron chi connectivity index (χ0n) is 7.57. The zero-order chi connectivity index (χ0) is 10.8. The van der Waals surface area contributed by atoms with E-state index in [2.05, 4.69) is 25.9 Å². The summed E-state index contributed by atoms with van der Waals surface area (Å²) < 4.78 is 0.575. The first-order chi connectivity index (χ1) is 7.18. The molecule has 0 aliphatic carbocycles. The second-order valence-electron chi connectivity index (χ2n) is 2.92. The quantitative estimate of drug-likeness (QED) is 0.878. The fourth-order valence-electron chi connectivity index (χ4n) is 1.24. The van der Waals surface area contributed by atoms with Gasteiger partial charge in [-0.15, -0.1) is 0 Å². The average Bonchev–Trinajstić information content (AvgIpc) is 2.62. The summed E-state index contributed by atoms with van der Waals surface area (Å²) in [4.78, 5) is 17.3. The number of aromatic nitrogens is 2. The number of rotatable bonds is 2. The number of carboxylic acid groups (broad SMARTS) is 1. The molecule has 0 saturated heterocycles. The van der Waals surface area contributed by atoms with Crippen LogP contribution in [0.4, 0.5) is 0 Å². The number of hydrogen-bond acceptors (Lipinski definition) is 2. The Morgan fingerprint density at radius 2 is 2.00 bits per heavy atom. The lowest BCUT2D eigenvalue weighted by Gasteiger charge is -1.95. The summed E-state index contributed by atoms with van der Waals surface area (Å²) in [5.74, 6) is -1.14. The Labute approximate surface area is 94.1 Å². The first-order valence-corrected chi connectivity index (χ1v) is 5.02. The minimum Gasteiger partial charge on any atom is -0.475 e. The van der Waals surface area contributed by atoms with Gasteiger partial charge in [0.05, 0.1) is 0 Å². The third-order valence-corrected chi connectivity index (χ3v) is 2.48. The third-order valence-electron chi connectivity index (χ3n) is 1.91. The van der Waals surface area contributed by atoms with Gasteiger partial charge in [-0.05, 0) is 15.9 Å². The maximum atomic E-state index is 10.7. The van der Waals surface area contributed by atoms with Crippen molar-refractivity contribution in [3.05, 3.63) is 40.8 Å². The molecule has 4 nitrogen and oxygen atoms in total. The first-order valence-electron chi connectivity index (χ1n) is 4.22. The van der Waals surface area contributed by atoms with Crippen LogP contribution in [-0.4, -0.2) is 21.0 Å². The lowest BCUT2D eigenvalue weighted by molar-refractivity contribution is 0.0684. The van der Waals surface area contributed by atoms with Crippen molar-refractivity contribution in [1.82, 2.24) is 9.97 Å². The average molecular weight is 267 g/mol. The van der Waals surface area contributed by atoms with Crippen molar-refractivity contribution in [3.8, 4) is 11.3 Å². The van der Waals surface area contributed by atoms with Gasteiger partial charge in [0.15, 0.2) is 0 Å². The van der Waals surface area contributed by atoms with Crippen molar-refractivity contribution in [2.45, 2.75) is 0 Å². The van der Waals surface area contributed by atoms with Gasteiger partial charge in [-0.1, -0.05) is 30.3 Å². The van der Waals surface area contributed by atoms with E-state index in [1.165, 1.54) is 0 Å². The SMILES string of the molecule is O=C(O)c1nc(-c2ccccc2)c(Br)[nH]1. The van der Waals surface area contributed by atoms with Crippen LogP contribution >= 0.6 is 15.9 Å². The summed E-state index contributed by atoms with van der Waals surface area (Å²) in [7, 11) is 0. The Kier molecular flexibility index (Phi) is 2.55. The number of H-pyrrole nitrogens is 1. The minimum atomic E-state index is -1.07. The number of aromatic carboxylic acids is 1. The molecule has 0 aliphatic heterocycles. The summed E-state index contributed by atoms with van der Waals surface area (Å²) in [5, 5.41) is 8.75. The van der Waals surface area contributed by atoms with Gasteiger partial charge < -0.3 is 10.1 Å². The van der Waals surface area contributed by atoms with Crippen LogP contribution in [0.5, 0.6) is 0 Å². The molecular weight excluding hydrogens is 260 g/mol. The number of aromatic amines is 1. The Bertz CT molecular complexity index is 493. The van der Waals surface area contributed by atoms with Gasteiger partial charge in [-0.25, -0.2) is 9.78 Å². The highest BCUT2D eigenvalue weighted by molar-refractivity contribution is 9.10. The van der Waals surface area contributed by atoms with Crippen molar-refractivity contribution >= 4 is 21.9 Å². The van der Waals surface area contributed by atoms with Gasteiger partial charge in [0.1, 0.15) is 10.3 Å². The van der Waals surface area contributed by atoms with E-state index >= 15 is 0 Å². The maximum absolute atomic E-state index is 10.7. The van der Waals surface area contributed by atoms with E-state index in [1.54, 1.807) is 0 Å². The second-order valence-corrected chi connectivity index (χ2v) is 3.71. The number of imidazole rings is 1. The van der Waals surface area contributed by atoms with E-state index in [0.29, 0.717) is 10.3 Å². The Morgan fingerprint density at radius 1 is 1.33 bits per heavy atom. The van der Waals surface area contributed by atoms with Gasteiger partial charge >= 0.3 is 5.97 Å². The molecule has 0 bridgehead atoms. The van der Waals surface area contributed by atoms with Crippen LogP contribution in [0.1, 0.15) is 10.6 Å². The molecule has 15 heavy (non-hydrogen) atoms. The van der Waals surface area contributed by atoms with Crippen LogP contribution < -0.4 is 0 Å². The Balaban J connectivity index is 2.50. The molecule has 5 heteroatoms. The van der Waals surface area contributed by atoms with Crippen molar-refractivity contribution < 1.29 is 9.90 Å². The lowest BCUT2D eigenvalue weighted by Crippen LogP contribution is -1.98. The van der Waals surface area contributed by atoms with Crippen molar-refractivity contribution in [2.75, 3.05) is 0 Å². The standard InChI is InChI=1S/C10H7BrN2O2/c11-8-7(6-4-2-1-3-5-6)12-9(13-8)10(14)15/h1-5H,(H,12,13)(H,14,15). The molecule has 0 atom stereocenters. The molecule has 2 rings (SSSR count). The van der Waals surface area contributed by atoms with Gasteiger partial charge in [0.25, 0.3) is 0 Å². The summed E-state index contributed by atoms with van der Waals surface area (Å²) in [5.41, 5.74) is 1.47. The third kappa shape index (κ3) is 1.92. The van der Waals surface area contributed by atoms with E-state index in [1.807, 2.05) is 30.3 Å². The normalized spacial score (nSPS) is 10.2. The summed E-state index contributed by atoms with van der Waals surface area (Å²) in [6.45, 7) is 0. The number of carboxylic acids is 1. The predicted molar refractivity (Wildman–Crippen MR) is 58.7 cm³/mol. The summed E-state index contributed by atoms with van der Waals surface area (Å²) in [6.07, 6.45) is 0. The highest BCUT2D eigenvalue weighted by atomic mass is 79.9. The van der Waals surface area contributed by atoms with Gasteiger partial charge in [0.2, 0.25) is 5.82 Å². The Morgan fingerprint density at radius 3 is 2.53 bits per heavy atom. The number of nitrogens with one attached hydrogen (secondary N) is 1. The van der Waals surface area contributed by atoms with Crippen molar-refractivity contribution in [2.24, 2.45) is 0 Å². The fourth-order valence-corrected chi connectivity index (χ4v) is 1.75. The van der Waals surface area contributed by atoms with E-state index in [9.17, 15) is 4.79 Å². The molecule has 0 fully saturated rings. The van der Waals surface area contributed by atoms with E-state index in [-0.39, 0.29) is 5.82 Å². The summed E-state index contributed by atoms with van der Waals surface area (Å²) in [6, 6.07) is 9.37. The predicted octanol–water partition coefficient (Wildman–Crippen LogP) is 2.54. The molecule has 0 amide bonds. The van der Waals surface area contributed by atoms with Crippen LogP contribution in [0.2, 0.25) is 0 Å². The molecule has 1 aromatic heterocycles. The van der Waals surface area contributed by atoms with Gasteiger partial charge in [-0.3, -0.25) is 0 Å². The molecule has 0 unspecified atom stereocenters. The molecule has 1 heterocycles. The minimum absolute atomic E-state index is 0.0688. The number of nitrogens with zero attached hydrogens (tertiary/aromatic N) is 1. The van der Waals surface area contributed by atoms with Gasteiger partial charge in [0, 0.05) is 5.56 Å². The van der Waals surface area contributed by atoms with Crippen LogP contribution in [0.3, 0.4) is 0 Å². The highest BCUT2D eigenvalue weighted by Gasteiger charge is 2.13. The molecule has 0 aliphatic rings. The molecule has 2 aromatic rings. The van der Waals surface area contributed by atoms with E-state index in [4.69, 9.17) is 5.11 Å². The summed E-state index contributed by atoms with van der Waals surface area (Å²) >= 11 is 3.24. The van der Waals surface area contributed by atoms with Crippen LogP contribution in [0.15, 0.2) is 34.9 Å². The molecule has 0 radical (unpaired) electrons. The molecule has 1 aromatic carbocycles. The highest BCUT2D eigenvalue weighted by Crippen LogP contribution is 2.25. The van der Waals surface area contributed by atoms with Gasteiger partial charge in [-0.2, -0.15) is 0 Å². The van der Waals surface area contributed by atoms with Crippen molar-refractivity contribution in [1.29, 1.82) is 0 Å². The molecule has 76 valence electrons. The fraction of sp³-hybridized carbons (Fsp3) is 0. The molecule has 2 N–H and O–H groups in total. The monoisotopic (exact) mass is 266 g/mol. The molecular formula is C10H7BrN2O2. The topological polar surface area (TPSA) is 66.0 Å². The van der Waals surface area contributed by atoms with E-state index in [0.717, 1.165) is 5.56 Å². The number of hydrogen-bond donors (Lipinski definition) is 2. The number of carbonyl (C=O) groups is 1. The largest absolute Gasteiger partial charge is 0.475 e. The Hall–Kier alpha value is -1.62. The smallest absolute Gasteiger partial charge is 0.371 e. The van der Waals surface area contributed by atoms with Crippen LogP contribution in [0.25, 0.3) is 11.3 Å². The zero-order valence-corrected chi connectivity index (χ0v) is 9.15. The van der Waals surface area contributed by atoms with Crippen LogP contribution in [0, 0.1) is 0 Å². The van der Waals surface area contributed by atoms with E-state index < -0.39 is 5.97 Å². The van der Waals surface area contributed by atoms with Crippen molar-refractivity contribution in [3.63, 3.8) is 0 Å². The lowest BCUT2D eigenvalue weighted by atomic mass is 10.2. The van der Waals surface area contributed by atoms with Crippen LogP contribution in [-0.2, 0) is 0 Å². The molecule has 0 spiro atoms. The number of halogens is 1. The number of benzene rings is 1. The maximum Gasteiger partial charge on any atom is 0.371 e. The molecule has 0 saturated carbocycles. The first kappa shape index (κ1) is 9.92. The second kappa shape index (κ2) is 3.86.